The molecule has 1 aromatic carbocycles. The molecule has 0 radical (unpaired) electrons. The van der Waals surface area contributed by atoms with Gasteiger partial charge in [-0.25, -0.2) is 13.2 Å². The number of carbonyl (C=O) groups is 3. The van der Waals surface area contributed by atoms with E-state index in [1.165, 1.54) is 6.92 Å². The average Bonchev–Trinajstić information content (AvgIpc) is 2.56. The molecule has 0 fully saturated rings. The molecule has 0 aliphatic rings. The van der Waals surface area contributed by atoms with Crippen LogP contribution >= 0.6 is 0 Å². The Hall–Kier alpha value is -2.42. The van der Waals surface area contributed by atoms with E-state index in [-0.39, 0.29) is 17.6 Å². The summed E-state index contributed by atoms with van der Waals surface area (Å²) in [5.41, 5.74) is 6.34. The van der Waals surface area contributed by atoms with Crippen molar-refractivity contribution in [2.45, 2.75) is 51.7 Å². The van der Waals surface area contributed by atoms with Crippen molar-refractivity contribution in [1.29, 1.82) is 0 Å². The molecule has 2 atom stereocenters. The smallest absolute Gasteiger partial charge is 0.329 e. The lowest BCUT2D eigenvalue weighted by atomic mass is 9.86. The molecule has 0 heterocycles. The molecule has 1 rings (SSSR count). The third-order valence-electron chi connectivity index (χ3n) is 4.07. The molecule has 0 spiro atoms. The first-order chi connectivity index (χ1) is 12.7. The third-order valence-corrected chi connectivity index (χ3v) is 5.05. The predicted octanol–water partition coefficient (Wildman–Crippen LogP) is 0.934. The number of esters is 1. The number of amides is 2. The first kappa shape index (κ1) is 23.6. The Bertz CT molecular complexity index is 825. The minimum Gasteiger partial charge on any atom is -0.451 e. The maximum atomic E-state index is 12.5. The molecular formula is C19H28N2O6S. The van der Waals surface area contributed by atoms with Gasteiger partial charge in [-0.15, -0.1) is 0 Å². The average molecular weight is 413 g/mol. The van der Waals surface area contributed by atoms with Crippen LogP contribution in [0.3, 0.4) is 0 Å². The fourth-order valence-corrected chi connectivity index (χ4v) is 2.92. The number of carbonyl (C=O) groups excluding carboxylic acids is 3. The highest BCUT2D eigenvalue weighted by Crippen LogP contribution is 2.22. The molecule has 0 aliphatic carbocycles. The van der Waals surface area contributed by atoms with Crippen LogP contribution in [0.25, 0.3) is 0 Å². The van der Waals surface area contributed by atoms with Gasteiger partial charge in [-0.05, 0) is 36.5 Å². The zero-order chi connectivity index (χ0) is 21.7. The standard InChI is InChI=1S/C19H28N2O6S/c1-12(16(20)22)27-18(24)15(10-11-28(5,25)26)21-17(23)13-6-8-14(9-7-13)19(2,3)4/h6-9,12,15H,10-11H2,1-5H3,(H2,20,22)(H,21,23)/t12-,15-/m0/s1. The van der Waals surface area contributed by atoms with Crippen LogP contribution in [0.1, 0.15) is 50.0 Å². The number of primary amides is 1. The topological polar surface area (TPSA) is 133 Å². The second-order valence-corrected chi connectivity index (χ2v) is 10.0. The van der Waals surface area contributed by atoms with E-state index >= 15 is 0 Å². The SMILES string of the molecule is C[C@H](OC(=O)[C@H](CCS(C)(=O)=O)NC(=O)c1ccc(C(C)(C)C)cc1)C(N)=O. The van der Waals surface area contributed by atoms with Gasteiger partial charge in [-0.1, -0.05) is 32.9 Å². The Balaban J connectivity index is 2.96. The minimum absolute atomic E-state index is 0.0816. The van der Waals surface area contributed by atoms with Gasteiger partial charge in [0.15, 0.2) is 6.10 Å². The zero-order valence-corrected chi connectivity index (χ0v) is 17.6. The molecular weight excluding hydrogens is 384 g/mol. The number of nitrogens with one attached hydrogen (secondary N) is 1. The maximum absolute atomic E-state index is 12.5. The van der Waals surface area contributed by atoms with Crippen molar-refractivity contribution in [2.24, 2.45) is 5.73 Å². The second kappa shape index (κ2) is 9.18. The molecule has 28 heavy (non-hydrogen) atoms. The van der Waals surface area contributed by atoms with Crippen molar-refractivity contribution in [2.75, 3.05) is 12.0 Å². The summed E-state index contributed by atoms with van der Waals surface area (Å²) in [7, 11) is -3.37. The summed E-state index contributed by atoms with van der Waals surface area (Å²) >= 11 is 0. The van der Waals surface area contributed by atoms with E-state index in [1.54, 1.807) is 12.1 Å². The fraction of sp³-hybridized carbons (Fsp3) is 0.526. The van der Waals surface area contributed by atoms with Gasteiger partial charge in [0.1, 0.15) is 15.9 Å². The van der Waals surface area contributed by atoms with Crippen molar-refractivity contribution in [1.82, 2.24) is 5.32 Å². The minimum atomic E-state index is -3.37. The van der Waals surface area contributed by atoms with Crippen LogP contribution in [0.15, 0.2) is 24.3 Å². The lowest BCUT2D eigenvalue weighted by Crippen LogP contribution is -2.45. The van der Waals surface area contributed by atoms with E-state index in [0.717, 1.165) is 11.8 Å². The normalized spacial score (nSPS) is 14.0. The lowest BCUT2D eigenvalue weighted by molar-refractivity contribution is -0.155. The Labute approximate surface area is 165 Å². The first-order valence-electron chi connectivity index (χ1n) is 8.79. The third kappa shape index (κ3) is 7.67. The summed E-state index contributed by atoms with van der Waals surface area (Å²) in [6, 6.07) is 5.65. The van der Waals surface area contributed by atoms with Crippen LogP contribution in [0.2, 0.25) is 0 Å². The summed E-state index contributed by atoms with van der Waals surface area (Å²) in [5.74, 6) is -2.66. The summed E-state index contributed by atoms with van der Waals surface area (Å²) < 4.78 is 27.8. The molecule has 0 saturated carbocycles. The van der Waals surface area contributed by atoms with Crippen LogP contribution in [0.5, 0.6) is 0 Å². The summed E-state index contributed by atoms with van der Waals surface area (Å²) in [6.07, 6.45) is -0.361. The monoisotopic (exact) mass is 412 g/mol. The van der Waals surface area contributed by atoms with E-state index in [9.17, 15) is 22.8 Å². The van der Waals surface area contributed by atoms with Gasteiger partial charge >= 0.3 is 5.97 Å². The molecule has 0 aliphatic heterocycles. The maximum Gasteiger partial charge on any atom is 0.329 e. The summed E-state index contributed by atoms with van der Waals surface area (Å²) in [6.45, 7) is 7.42. The van der Waals surface area contributed by atoms with Crippen LogP contribution in [-0.4, -0.2) is 50.4 Å². The quantitative estimate of drug-likeness (QED) is 0.611. The number of rotatable bonds is 8. The second-order valence-electron chi connectivity index (χ2n) is 7.75. The molecule has 0 bridgehead atoms. The zero-order valence-electron chi connectivity index (χ0n) is 16.8. The Kier molecular flexibility index (Phi) is 7.75. The molecule has 0 saturated heterocycles. The van der Waals surface area contributed by atoms with Crippen molar-refractivity contribution in [3.05, 3.63) is 35.4 Å². The Morgan fingerprint density at radius 3 is 2.11 bits per heavy atom. The van der Waals surface area contributed by atoms with E-state index in [4.69, 9.17) is 10.5 Å². The predicted molar refractivity (Wildman–Crippen MR) is 105 cm³/mol. The fourth-order valence-electron chi connectivity index (χ4n) is 2.26. The van der Waals surface area contributed by atoms with E-state index in [0.29, 0.717) is 5.56 Å². The van der Waals surface area contributed by atoms with E-state index < -0.39 is 39.8 Å². The van der Waals surface area contributed by atoms with Crippen molar-refractivity contribution < 1.29 is 27.5 Å². The lowest BCUT2D eigenvalue weighted by Gasteiger charge is -2.20. The van der Waals surface area contributed by atoms with Crippen LogP contribution in [0.4, 0.5) is 0 Å². The Morgan fingerprint density at radius 2 is 1.68 bits per heavy atom. The molecule has 8 nitrogen and oxygen atoms in total. The molecule has 2 amide bonds. The van der Waals surface area contributed by atoms with Crippen LogP contribution in [0, 0.1) is 0 Å². The van der Waals surface area contributed by atoms with E-state index in [2.05, 4.69) is 5.32 Å². The van der Waals surface area contributed by atoms with Crippen molar-refractivity contribution in [3.63, 3.8) is 0 Å². The highest BCUT2D eigenvalue weighted by atomic mass is 32.2. The van der Waals surface area contributed by atoms with Crippen molar-refractivity contribution in [3.8, 4) is 0 Å². The number of sulfone groups is 1. The number of hydrogen-bond acceptors (Lipinski definition) is 6. The van der Waals surface area contributed by atoms with E-state index in [1.807, 2.05) is 32.9 Å². The van der Waals surface area contributed by atoms with Crippen LogP contribution < -0.4 is 11.1 Å². The number of hydrogen-bond donors (Lipinski definition) is 2. The summed E-state index contributed by atoms with van der Waals surface area (Å²) in [4.78, 5) is 35.9. The molecule has 0 unspecified atom stereocenters. The first-order valence-corrected chi connectivity index (χ1v) is 10.9. The van der Waals surface area contributed by atoms with Gasteiger partial charge in [-0.2, -0.15) is 0 Å². The van der Waals surface area contributed by atoms with Gasteiger partial charge < -0.3 is 15.8 Å². The van der Waals surface area contributed by atoms with Crippen molar-refractivity contribution >= 4 is 27.6 Å². The molecule has 1 aromatic rings. The number of nitrogens with two attached hydrogens (primary N) is 1. The van der Waals surface area contributed by atoms with Gasteiger partial charge in [0.05, 0.1) is 5.75 Å². The van der Waals surface area contributed by atoms with Gasteiger partial charge in [-0.3, -0.25) is 9.59 Å². The largest absolute Gasteiger partial charge is 0.451 e. The molecule has 156 valence electrons. The van der Waals surface area contributed by atoms with Gasteiger partial charge in [0.25, 0.3) is 11.8 Å². The number of ether oxygens (including phenoxy) is 1. The number of benzene rings is 1. The molecule has 3 N–H and O–H groups in total. The Morgan fingerprint density at radius 1 is 1.14 bits per heavy atom. The van der Waals surface area contributed by atoms with Gasteiger partial charge in [0.2, 0.25) is 0 Å². The van der Waals surface area contributed by atoms with Gasteiger partial charge in [0, 0.05) is 11.8 Å². The highest BCUT2D eigenvalue weighted by molar-refractivity contribution is 7.90. The van der Waals surface area contributed by atoms with Crippen LogP contribution in [-0.2, 0) is 29.6 Å². The molecule has 0 aromatic heterocycles. The molecule has 9 heteroatoms. The highest BCUT2D eigenvalue weighted by Gasteiger charge is 2.27. The summed E-state index contributed by atoms with van der Waals surface area (Å²) in [5, 5.41) is 2.48.